The van der Waals surface area contributed by atoms with Gasteiger partial charge in [0.05, 0.1) is 3.79 Å². The summed E-state index contributed by atoms with van der Waals surface area (Å²) in [7, 11) is 2.15. The second kappa shape index (κ2) is 6.73. The van der Waals surface area contributed by atoms with Crippen LogP contribution in [-0.2, 0) is 6.42 Å². The molecule has 1 nitrogen and oxygen atoms in total. The highest BCUT2D eigenvalue weighted by Gasteiger charge is 2.40. The zero-order valence-electron chi connectivity index (χ0n) is 12.3. The minimum atomic E-state index is 0.527. The fourth-order valence-electron chi connectivity index (χ4n) is 3.87. The second-order valence-electron chi connectivity index (χ2n) is 6.42. The zero-order chi connectivity index (χ0) is 13.9. The van der Waals surface area contributed by atoms with E-state index in [4.69, 9.17) is 0 Å². The molecule has 1 unspecified atom stereocenters. The molecule has 19 heavy (non-hydrogen) atoms. The predicted octanol–water partition coefficient (Wildman–Crippen LogP) is 5.25. The Balaban J connectivity index is 2.13. The van der Waals surface area contributed by atoms with Crippen molar-refractivity contribution in [2.75, 3.05) is 7.05 Å². The lowest BCUT2D eigenvalue weighted by molar-refractivity contribution is 0.160. The largest absolute Gasteiger partial charge is 0.316 e. The average molecular weight is 344 g/mol. The van der Waals surface area contributed by atoms with Gasteiger partial charge in [-0.05, 0) is 72.1 Å². The van der Waals surface area contributed by atoms with E-state index in [1.54, 1.807) is 0 Å². The van der Waals surface area contributed by atoms with Crippen molar-refractivity contribution in [3.8, 4) is 0 Å². The van der Waals surface area contributed by atoms with Crippen molar-refractivity contribution >= 4 is 27.3 Å². The molecule has 0 radical (unpaired) electrons. The molecule has 0 bridgehead atoms. The van der Waals surface area contributed by atoms with Crippen LogP contribution in [0.15, 0.2) is 15.9 Å². The molecule has 3 heteroatoms. The maximum Gasteiger partial charge on any atom is 0.0701 e. The molecule has 0 spiro atoms. The van der Waals surface area contributed by atoms with E-state index in [0.29, 0.717) is 11.5 Å². The third kappa shape index (κ3) is 3.83. The van der Waals surface area contributed by atoms with Crippen LogP contribution in [0.5, 0.6) is 0 Å². The van der Waals surface area contributed by atoms with Crippen molar-refractivity contribution in [3.05, 3.63) is 20.8 Å². The number of hydrogen-bond donors (Lipinski definition) is 1. The van der Waals surface area contributed by atoms with E-state index in [9.17, 15) is 0 Å². The normalized spacial score (nSPS) is 20.1. The Bertz CT molecular complexity index is 393. The van der Waals surface area contributed by atoms with Crippen LogP contribution in [0.2, 0.25) is 0 Å². The summed E-state index contributed by atoms with van der Waals surface area (Å²) < 4.78 is 1.25. The number of hydrogen-bond acceptors (Lipinski definition) is 2. The lowest BCUT2D eigenvalue weighted by atomic mass is 9.71. The van der Waals surface area contributed by atoms with E-state index in [-0.39, 0.29) is 0 Å². The molecule has 1 aliphatic rings. The Morgan fingerprint density at radius 1 is 1.32 bits per heavy atom. The van der Waals surface area contributed by atoms with Crippen LogP contribution in [0.1, 0.15) is 50.8 Å². The lowest BCUT2D eigenvalue weighted by Crippen LogP contribution is -2.44. The summed E-state index contributed by atoms with van der Waals surface area (Å²) in [4.78, 5) is 1.50. The lowest BCUT2D eigenvalue weighted by Gasteiger charge is -2.39. The van der Waals surface area contributed by atoms with E-state index in [2.05, 4.69) is 54.3 Å². The number of thiophene rings is 1. The van der Waals surface area contributed by atoms with Gasteiger partial charge in [0, 0.05) is 10.9 Å². The number of halogens is 1. The highest BCUT2D eigenvalue weighted by molar-refractivity contribution is 9.11. The van der Waals surface area contributed by atoms with Crippen LogP contribution in [0.3, 0.4) is 0 Å². The van der Waals surface area contributed by atoms with Gasteiger partial charge in [0.15, 0.2) is 0 Å². The SMILES string of the molecule is CNC(Cc1ccc(Br)s1)C1(CC(C)C)CCCC1. The predicted molar refractivity (Wildman–Crippen MR) is 88.9 cm³/mol. The first-order valence-electron chi connectivity index (χ1n) is 7.47. The van der Waals surface area contributed by atoms with Crippen molar-refractivity contribution in [2.24, 2.45) is 11.3 Å². The van der Waals surface area contributed by atoms with Gasteiger partial charge in [0.2, 0.25) is 0 Å². The summed E-state index contributed by atoms with van der Waals surface area (Å²) in [5.74, 6) is 0.795. The Labute approximate surface area is 130 Å². The molecule has 1 heterocycles. The topological polar surface area (TPSA) is 12.0 Å². The van der Waals surface area contributed by atoms with E-state index in [0.717, 1.165) is 5.92 Å². The molecule has 1 fully saturated rings. The highest BCUT2D eigenvalue weighted by Crippen LogP contribution is 2.47. The maximum absolute atomic E-state index is 3.64. The highest BCUT2D eigenvalue weighted by atomic mass is 79.9. The van der Waals surface area contributed by atoms with Crippen LogP contribution in [0.25, 0.3) is 0 Å². The third-order valence-corrected chi connectivity index (χ3v) is 6.18. The van der Waals surface area contributed by atoms with E-state index in [1.807, 2.05) is 11.3 Å². The van der Waals surface area contributed by atoms with Gasteiger partial charge in [0.25, 0.3) is 0 Å². The first kappa shape index (κ1) is 15.5. The molecule has 108 valence electrons. The maximum atomic E-state index is 3.64. The Hall–Kier alpha value is 0.140. The van der Waals surface area contributed by atoms with Crippen LogP contribution in [-0.4, -0.2) is 13.1 Å². The number of nitrogens with one attached hydrogen (secondary N) is 1. The quantitative estimate of drug-likeness (QED) is 0.743. The van der Waals surface area contributed by atoms with Gasteiger partial charge in [0.1, 0.15) is 0 Å². The van der Waals surface area contributed by atoms with Crippen LogP contribution in [0, 0.1) is 11.3 Å². The molecular formula is C16H26BrNS. The minimum absolute atomic E-state index is 0.527. The fourth-order valence-corrected chi connectivity index (χ4v) is 5.40. The number of likely N-dealkylation sites (N-methyl/N-ethyl adjacent to an activating group) is 1. The van der Waals surface area contributed by atoms with Crippen LogP contribution < -0.4 is 5.32 Å². The Morgan fingerprint density at radius 3 is 2.47 bits per heavy atom. The van der Waals surface area contributed by atoms with Crippen molar-refractivity contribution < 1.29 is 0 Å². The van der Waals surface area contributed by atoms with Gasteiger partial charge in [-0.25, -0.2) is 0 Å². The Morgan fingerprint density at radius 2 is 2.00 bits per heavy atom. The summed E-state index contributed by atoms with van der Waals surface area (Å²) in [5.41, 5.74) is 0.527. The molecule has 1 aliphatic carbocycles. The average Bonchev–Trinajstić information content (AvgIpc) is 2.95. The molecule has 1 atom stereocenters. The van der Waals surface area contributed by atoms with Gasteiger partial charge in [-0.15, -0.1) is 11.3 Å². The van der Waals surface area contributed by atoms with Crippen molar-refractivity contribution in [1.29, 1.82) is 0 Å². The van der Waals surface area contributed by atoms with E-state index >= 15 is 0 Å². The molecule has 0 amide bonds. The van der Waals surface area contributed by atoms with Crippen molar-refractivity contribution in [2.45, 2.75) is 58.4 Å². The monoisotopic (exact) mass is 343 g/mol. The van der Waals surface area contributed by atoms with Crippen molar-refractivity contribution in [1.82, 2.24) is 5.32 Å². The first-order valence-corrected chi connectivity index (χ1v) is 9.08. The van der Waals surface area contributed by atoms with Crippen LogP contribution in [0.4, 0.5) is 0 Å². The molecule has 1 aromatic heterocycles. The van der Waals surface area contributed by atoms with Gasteiger partial charge >= 0.3 is 0 Å². The third-order valence-electron chi connectivity index (χ3n) is 4.54. The summed E-state index contributed by atoms with van der Waals surface area (Å²) >= 11 is 5.46. The number of rotatable bonds is 6. The molecule has 1 N–H and O–H groups in total. The molecule has 1 aromatic rings. The summed E-state index contributed by atoms with van der Waals surface area (Å²) in [6.07, 6.45) is 8.19. The first-order chi connectivity index (χ1) is 9.05. The van der Waals surface area contributed by atoms with Crippen molar-refractivity contribution in [3.63, 3.8) is 0 Å². The Kier molecular flexibility index (Phi) is 5.50. The summed E-state index contributed by atoms with van der Waals surface area (Å²) in [5, 5.41) is 3.64. The molecule has 0 aromatic carbocycles. The van der Waals surface area contributed by atoms with E-state index < -0.39 is 0 Å². The zero-order valence-corrected chi connectivity index (χ0v) is 14.7. The molecule has 1 saturated carbocycles. The summed E-state index contributed by atoms with van der Waals surface area (Å²) in [6, 6.07) is 5.08. The fraction of sp³-hybridized carbons (Fsp3) is 0.750. The summed E-state index contributed by atoms with van der Waals surface area (Å²) in [6.45, 7) is 4.74. The smallest absolute Gasteiger partial charge is 0.0701 e. The standard InChI is InChI=1S/C16H26BrNS/c1-12(2)11-16(8-4-5-9-16)14(18-3)10-13-6-7-15(17)19-13/h6-7,12,14,18H,4-5,8-11H2,1-3H3. The molecular weight excluding hydrogens is 318 g/mol. The van der Waals surface area contributed by atoms with Crippen LogP contribution >= 0.6 is 27.3 Å². The van der Waals surface area contributed by atoms with Gasteiger partial charge < -0.3 is 5.32 Å². The second-order valence-corrected chi connectivity index (χ2v) is 8.97. The van der Waals surface area contributed by atoms with Gasteiger partial charge in [-0.2, -0.15) is 0 Å². The van der Waals surface area contributed by atoms with E-state index in [1.165, 1.54) is 47.2 Å². The molecule has 2 rings (SSSR count). The molecule has 0 saturated heterocycles. The minimum Gasteiger partial charge on any atom is -0.316 e. The van der Waals surface area contributed by atoms with Gasteiger partial charge in [-0.1, -0.05) is 26.7 Å². The molecule has 0 aliphatic heterocycles. The van der Waals surface area contributed by atoms with Gasteiger partial charge in [-0.3, -0.25) is 0 Å².